The summed E-state index contributed by atoms with van der Waals surface area (Å²) < 4.78 is 22.0. The molecule has 3 aromatic heterocycles. The highest BCUT2D eigenvalue weighted by Gasteiger charge is 2.19. The smallest absolute Gasteiger partial charge is 0.277 e. The lowest BCUT2D eigenvalue weighted by Crippen LogP contribution is -2.23. The molecule has 0 aliphatic heterocycles. The van der Waals surface area contributed by atoms with Crippen molar-refractivity contribution in [1.82, 2.24) is 19.2 Å². The third-order valence-corrected chi connectivity index (χ3v) is 5.65. The van der Waals surface area contributed by atoms with Crippen LogP contribution in [-0.2, 0) is 13.2 Å². The van der Waals surface area contributed by atoms with Gasteiger partial charge < -0.3 is 14.1 Å². The summed E-state index contributed by atoms with van der Waals surface area (Å²) in [7, 11) is 0. The van der Waals surface area contributed by atoms with Crippen molar-refractivity contribution in [3.8, 4) is 22.7 Å². The fourth-order valence-corrected chi connectivity index (χ4v) is 3.94. The lowest BCUT2D eigenvalue weighted by atomic mass is 10.1. The lowest BCUT2D eigenvalue weighted by molar-refractivity contribution is 0.283. The Balaban J connectivity index is 1.56. The molecular weight excluding hydrogens is 447 g/mol. The van der Waals surface area contributed by atoms with Crippen LogP contribution < -0.4 is 5.56 Å². The van der Waals surface area contributed by atoms with E-state index in [2.05, 4.69) is 10.1 Å². The minimum Gasteiger partial charge on any atom is -0.441 e. The van der Waals surface area contributed by atoms with Crippen LogP contribution in [0.2, 0.25) is 5.02 Å². The van der Waals surface area contributed by atoms with Crippen LogP contribution >= 0.6 is 11.6 Å². The van der Waals surface area contributed by atoms with Gasteiger partial charge in [-0.1, -0.05) is 17.7 Å². The van der Waals surface area contributed by atoms with Gasteiger partial charge in [-0.05, 0) is 49.4 Å². The zero-order valence-electron chi connectivity index (χ0n) is 17.5. The minimum atomic E-state index is -0.392. The topological polar surface area (TPSA) is 85.6 Å². The van der Waals surface area contributed by atoms with E-state index in [-0.39, 0.29) is 23.4 Å². The van der Waals surface area contributed by atoms with Crippen LogP contribution in [0, 0.1) is 12.7 Å². The number of hydrogen-bond donors (Lipinski definition) is 1. The first-order valence-corrected chi connectivity index (χ1v) is 10.5. The molecule has 0 saturated heterocycles. The second kappa shape index (κ2) is 8.31. The number of aliphatic hydroxyl groups excluding tert-OH is 1. The largest absolute Gasteiger partial charge is 0.441 e. The van der Waals surface area contributed by atoms with Crippen molar-refractivity contribution in [3.05, 3.63) is 99.1 Å². The zero-order valence-corrected chi connectivity index (χ0v) is 18.3. The number of nitrogens with zero attached hydrogens (tertiary/aromatic N) is 4. The van der Waals surface area contributed by atoms with Crippen LogP contribution in [0.5, 0.6) is 0 Å². The van der Waals surface area contributed by atoms with E-state index >= 15 is 0 Å². The number of oxazole rings is 1. The second-order valence-electron chi connectivity index (χ2n) is 7.55. The Morgan fingerprint density at radius 3 is 2.64 bits per heavy atom. The maximum absolute atomic E-state index is 13.3. The molecule has 5 aromatic rings. The molecule has 3 heterocycles. The minimum absolute atomic E-state index is 0.174. The van der Waals surface area contributed by atoms with Gasteiger partial charge in [0.1, 0.15) is 22.8 Å². The average Bonchev–Trinajstić information content (AvgIpc) is 3.37. The molecule has 166 valence electrons. The summed E-state index contributed by atoms with van der Waals surface area (Å²) in [6.07, 6.45) is 3.24. The highest BCUT2D eigenvalue weighted by Crippen LogP contribution is 2.26. The van der Waals surface area contributed by atoms with E-state index in [0.29, 0.717) is 39.2 Å². The summed E-state index contributed by atoms with van der Waals surface area (Å²) >= 11 is 6.07. The van der Waals surface area contributed by atoms with Crippen LogP contribution in [0.4, 0.5) is 4.39 Å². The zero-order chi connectivity index (χ0) is 23.1. The molecule has 0 aliphatic carbocycles. The molecule has 1 N–H and O–H groups in total. The first-order chi connectivity index (χ1) is 15.9. The molecule has 0 bridgehead atoms. The van der Waals surface area contributed by atoms with Crippen LogP contribution in [0.3, 0.4) is 0 Å². The summed E-state index contributed by atoms with van der Waals surface area (Å²) in [6, 6.07) is 12.9. The lowest BCUT2D eigenvalue weighted by Gasteiger charge is -2.05. The molecule has 0 saturated carbocycles. The number of aliphatic hydroxyl groups is 1. The summed E-state index contributed by atoms with van der Waals surface area (Å²) in [5.74, 6) is 0.619. The van der Waals surface area contributed by atoms with E-state index in [1.54, 1.807) is 43.6 Å². The van der Waals surface area contributed by atoms with Crippen molar-refractivity contribution in [3.63, 3.8) is 0 Å². The van der Waals surface area contributed by atoms with Crippen molar-refractivity contribution in [2.24, 2.45) is 0 Å². The van der Waals surface area contributed by atoms with E-state index in [4.69, 9.17) is 16.0 Å². The predicted molar refractivity (Wildman–Crippen MR) is 122 cm³/mol. The first kappa shape index (κ1) is 21.1. The maximum atomic E-state index is 13.3. The van der Waals surface area contributed by atoms with Gasteiger partial charge in [-0.3, -0.25) is 4.79 Å². The van der Waals surface area contributed by atoms with Crippen LogP contribution in [-0.4, -0.2) is 24.3 Å². The number of benzene rings is 2. The Morgan fingerprint density at radius 1 is 1.12 bits per heavy atom. The van der Waals surface area contributed by atoms with Gasteiger partial charge >= 0.3 is 0 Å². The number of hydrogen-bond acceptors (Lipinski definition) is 5. The monoisotopic (exact) mass is 464 g/mol. The van der Waals surface area contributed by atoms with E-state index in [1.165, 1.54) is 21.2 Å². The molecule has 5 rings (SSSR count). The molecule has 2 aromatic carbocycles. The predicted octanol–water partition coefficient (Wildman–Crippen LogP) is 4.46. The normalized spacial score (nSPS) is 11.4. The number of aromatic nitrogens is 4. The molecule has 0 fully saturated rings. The van der Waals surface area contributed by atoms with Crippen molar-refractivity contribution in [2.45, 2.75) is 20.1 Å². The summed E-state index contributed by atoms with van der Waals surface area (Å²) in [6.45, 7) is 1.56. The fraction of sp³-hybridized carbons (Fsp3) is 0.125. The molecule has 7 nitrogen and oxygen atoms in total. The molecular formula is C24H18ClFN4O3. The quantitative estimate of drug-likeness (QED) is 0.415. The van der Waals surface area contributed by atoms with Crippen molar-refractivity contribution in [1.29, 1.82) is 0 Å². The molecule has 33 heavy (non-hydrogen) atoms. The summed E-state index contributed by atoms with van der Waals surface area (Å²) in [5.41, 5.74) is 2.64. The highest BCUT2D eigenvalue weighted by atomic mass is 35.5. The summed E-state index contributed by atoms with van der Waals surface area (Å²) in [4.78, 5) is 17.8. The van der Waals surface area contributed by atoms with Crippen LogP contribution in [0.25, 0.3) is 28.2 Å². The van der Waals surface area contributed by atoms with Crippen molar-refractivity contribution >= 4 is 17.1 Å². The molecule has 9 heteroatoms. The molecule has 0 radical (unpaired) electrons. The SMILES string of the molecule is Cc1oc(-c2cccc(Cl)c2)nc1Cn1ccn2nc(-c3ccc(F)cc3)c(CO)c2c1=O. The number of halogens is 2. The van der Waals surface area contributed by atoms with E-state index in [0.717, 1.165) is 5.56 Å². The van der Waals surface area contributed by atoms with E-state index in [9.17, 15) is 14.3 Å². The van der Waals surface area contributed by atoms with Crippen molar-refractivity contribution in [2.75, 3.05) is 0 Å². The van der Waals surface area contributed by atoms with Gasteiger partial charge in [-0.25, -0.2) is 13.9 Å². The van der Waals surface area contributed by atoms with Crippen LogP contribution in [0.1, 0.15) is 17.0 Å². The van der Waals surface area contributed by atoms with Crippen LogP contribution in [0.15, 0.2) is 70.1 Å². The number of rotatable bonds is 5. The third-order valence-electron chi connectivity index (χ3n) is 5.42. The number of aryl methyl sites for hydroxylation is 1. The molecule has 0 atom stereocenters. The molecule has 0 amide bonds. The standard InChI is InChI=1S/C24H18ClFN4O3/c1-14-20(27-23(33-14)16-3-2-4-17(25)11-16)12-29-9-10-30-22(24(29)32)19(13-31)21(28-30)15-5-7-18(26)8-6-15/h2-11,31H,12-13H2,1H3. The second-order valence-corrected chi connectivity index (χ2v) is 7.99. The van der Waals surface area contributed by atoms with Gasteiger partial charge in [-0.15, -0.1) is 0 Å². The van der Waals surface area contributed by atoms with Gasteiger partial charge in [0, 0.05) is 34.1 Å². The average molecular weight is 465 g/mol. The fourth-order valence-electron chi connectivity index (χ4n) is 3.75. The molecule has 0 spiro atoms. The molecule has 0 unspecified atom stereocenters. The Labute approximate surface area is 192 Å². The van der Waals surface area contributed by atoms with E-state index < -0.39 is 6.61 Å². The van der Waals surface area contributed by atoms with Gasteiger partial charge in [-0.2, -0.15) is 5.10 Å². The van der Waals surface area contributed by atoms with Crippen molar-refractivity contribution < 1.29 is 13.9 Å². The Bertz CT molecular complexity index is 1540. The summed E-state index contributed by atoms with van der Waals surface area (Å²) in [5, 5.41) is 15.0. The van der Waals surface area contributed by atoms with Gasteiger partial charge in [0.15, 0.2) is 0 Å². The number of fused-ring (bicyclic) bond motifs is 1. The molecule has 0 aliphatic rings. The van der Waals surface area contributed by atoms with Gasteiger partial charge in [0.05, 0.1) is 18.8 Å². The Morgan fingerprint density at radius 2 is 1.91 bits per heavy atom. The van der Waals surface area contributed by atoms with E-state index in [1.807, 2.05) is 12.1 Å². The Hall–Kier alpha value is -3.75. The third kappa shape index (κ3) is 3.83. The van der Waals surface area contributed by atoms with Gasteiger partial charge in [0.25, 0.3) is 5.56 Å². The Kier molecular flexibility index (Phi) is 5.32. The first-order valence-electron chi connectivity index (χ1n) is 10.1. The maximum Gasteiger partial charge on any atom is 0.277 e. The van der Waals surface area contributed by atoms with Gasteiger partial charge in [0.2, 0.25) is 5.89 Å². The highest BCUT2D eigenvalue weighted by molar-refractivity contribution is 6.30.